The zero-order valence-corrected chi connectivity index (χ0v) is 18.3. The first-order valence-electron chi connectivity index (χ1n) is 10.9. The fourth-order valence-electron chi connectivity index (χ4n) is 4.11. The summed E-state index contributed by atoms with van der Waals surface area (Å²) in [6, 6.07) is 13.2. The molecule has 0 spiro atoms. The highest BCUT2D eigenvalue weighted by atomic mass is 19.1. The van der Waals surface area contributed by atoms with Crippen molar-refractivity contribution < 1.29 is 13.9 Å². The molecule has 1 fully saturated rings. The summed E-state index contributed by atoms with van der Waals surface area (Å²) < 4.78 is 19.9. The molecule has 1 aliphatic heterocycles. The Morgan fingerprint density at radius 3 is 2.61 bits per heavy atom. The third-order valence-electron chi connectivity index (χ3n) is 5.80. The van der Waals surface area contributed by atoms with Gasteiger partial charge in [0.1, 0.15) is 12.5 Å². The van der Waals surface area contributed by atoms with E-state index in [-0.39, 0.29) is 6.54 Å². The number of hydrogen-bond donors (Lipinski definition) is 2. The second-order valence-corrected chi connectivity index (χ2v) is 7.94. The average Bonchev–Trinajstić information content (AvgIpc) is 3.24. The van der Waals surface area contributed by atoms with Gasteiger partial charge in [-0.15, -0.1) is 0 Å². The lowest BCUT2D eigenvalue weighted by Crippen LogP contribution is -2.37. The van der Waals surface area contributed by atoms with E-state index in [1.807, 2.05) is 25.4 Å². The maximum absolute atomic E-state index is 12.2. The molecular formula is C24H25FN6O2. The summed E-state index contributed by atoms with van der Waals surface area (Å²) >= 11 is 0. The molecule has 0 atom stereocenters. The number of benzene rings is 2. The Hall–Kier alpha value is -3.72. The minimum atomic E-state index is -0.605. The van der Waals surface area contributed by atoms with Gasteiger partial charge in [0, 0.05) is 60.4 Å². The summed E-state index contributed by atoms with van der Waals surface area (Å²) in [5.41, 5.74) is 3.47. The van der Waals surface area contributed by atoms with Crippen LogP contribution in [0.1, 0.15) is 0 Å². The monoisotopic (exact) mass is 448 g/mol. The van der Waals surface area contributed by atoms with Gasteiger partial charge >= 0.3 is 6.03 Å². The van der Waals surface area contributed by atoms with Crippen molar-refractivity contribution in [3.05, 3.63) is 48.7 Å². The van der Waals surface area contributed by atoms with Gasteiger partial charge in [0.2, 0.25) is 0 Å². The predicted octanol–water partition coefficient (Wildman–Crippen LogP) is 3.72. The summed E-state index contributed by atoms with van der Waals surface area (Å²) in [6.07, 6.45) is 2.04. The van der Waals surface area contributed by atoms with Crippen LogP contribution in [0.25, 0.3) is 33.2 Å². The van der Waals surface area contributed by atoms with Crippen LogP contribution in [0.3, 0.4) is 0 Å². The van der Waals surface area contributed by atoms with E-state index < -0.39 is 12.7 Å². The molecule has 2 amide bonds. The van der Waals surface area contributed by atoms with Gasteiger partial charge in [0.15, 0.2) is 5.82 Å². The van der Waals surface area contributed by atoms with Crippen LogP contribution < -0.4 is 15.5 Å². The molecule has 0 saturated carbocycles. The van der Waals surface area contributed by atoms with Gasteiger partial charge in [-0.05, 0) is 42.5 Å². The highest BCUT2D eigenvalue weighted by Crippen LogP contribution is 2.33. The normalized spacial score (nSPS) is 14.1. The minimum Gasteiger partial charge on any atom is -0.378 e. The maximum Gasteiger partial charge on any atom is 0.319 e. The Balaban J connectivity index is 1.56. The molecule has 8 nitrogen and oxygen atoms in total. The highest BCUT2D eigenvalue weighted by Gasteiger charge is 2.19. The van der Waals surface area contributed by atoms with E-state index in [0.29, 0.717) is 24.7 Å². The first-order chi connectivity index (χ1) is 16.1. The molecule has 2 N–H and O–H groups in total. The van der Waals surface area contributed by atoms with E-state index in [1.54, 1.807) is 12.1 Å². The third-order valence-corrected chi connectivity index (χ3v) is 5.80. The molecule has 2 aromatic heterocycles. The van der Waals surface area contributed by atoms with Crippen molar-refractivity contribution in [3.8, 4) is 11.4 Å². The van der Waals surface area contributed by atoms with E-state index in [9.17, 15) is 9.18 Å². The lowest BCUT2D eigenvalue weighted by Gasteiger charge is -2.29. The zero-order valence-electron chi connectivity index (χ0n) is 18.3. The van der Waals surface area contributed by atoms with Crippen LogP contribution in [0.15, 0.2) is 48.7 Å². The molecule has 3 heterocycles. The number of anilines is 2. The third kappa shape index (κ3) is 4.19. The number of morpholine rings is 1. The maximum atomic E-state index is 12.2. The number of halogens is 1. The average molecular weight is 449 g/mol. The van der Waals surface area contributed by atoms with E-state index in [0.717, 1.165) is 46.3 Å². The molecule has 0 unspecified atom stereocenters. The quantitative estimate of drug-likeness (QED) is 0.486. The standard InChI is InChI=1S/C24H25FN6O2/c1-30-11-8-18-20(30)7-6-19-21(18)28-22(29-23(19)31-12-14-33-15-13-31)16-2-4-17(5-3-16)27-24(32)26-10-9-25/h2-8,11H,9-10,12-15H2,1H3,(H2,26,27,32). The van der Waals surface area contributed by atoms with Crippen LogP contribution in [0.2, 0.25) is 0 Å². The molecule has 33 heavy (non-hydrogen) atoms. The summed E-state index contributed by atoms with van der Waals surface area (Å²) in [5, 5.41) is 7.23. The van der Waals surface area contributed by atoms with Gasteiger partial charge in [-0.25, -0.2) is 19.2 Å². The molecule has 5 rings (SSSR count). The van der Waals surface area contributed by atoms with Crippen molar-refractivity contribution in [2.45, 2.75) is 0 Å². The van der Waals surface area contributed by atoms with Crippen molar-refractivity contribution >= 4 is 39.3 Å². The smallest absolute Gasteiger partial charge is 0.319 e. The second kappa shape index (κ2) is 9.03. The van der Waals surface area contributed by atoms with Gasteiger partial charge in [-0.1, -0.05) is 0 Å². The Labute approximate surface area is 190 Å². The number of carbonyl (C=O) groups is 1. The van der Waals surface area contributed by atoms with Crippen LogP contribution in [0, 0.1) is 0 Å². The Morgan fingerprint density at radius 1 is 1.06 bits per heavy atom. The molecule has 0 aliphatic carbocycles. The summed E-state index contributed by atoms with van der Waals surface area (Å²) in [5.74, 6) is 1.52. The van der Waals surface area contributed by atoms with Crippen LogP contribution in [-0.2, 0) is 11.8 Å². The number of aromatic nitrogens is 3. The molecule has 2 aromatic carbocycles. The number of hydrogen-bond acceptors (Lipinski definition) is 5. The minimum absolute atomic E-state index is 0.0207. The zero-order chi connectivity index (χ0) is 22.8. The SMILES string of the molecule is Cn1ccc2c3nc(-c4ccc(NC(=O)NCCF)cc4)nc(N4CCOCC4)c3ccc21. The molecule has 1 saturated heterocycles. The topological polar surface area (TPSA) is 84.3 Å². The Morgan fingerprint density at radius 2 is 1.85 bits per heavy atom. The molecule has 1 aliphatic rings. The highest BCUT2D eigenvalue weighted by molar-refractivity contribution is 6.08. The van der Waals surface area contributed by atoms with E-state index in [2.05, 4.69) is 38.3 Å². The van der Waals surface area contributed by atoms with E-state index >= 15 is 0 Å². The fourth-order valence-corrected chi connectivity index (χ4v) is 4.11. The van der Waals surface area contributed by atoms with Crippen molar-refractivity contribution in [1.29, 1.82) is 0 Å². The largest absolute Gasteiger partial charge is 0.378 e. The number of amides is 2. The Bertz CT molecular complexity index is 1300. The fraction of sp³-hybridized carbons (Fsp3) is 0.292. The van der Waals surface area contributed by atoms with Crippen LogP contribution in [0.4, 0.5) is 20.7 Å². The molecule has 170 valence electrons. The van der Waals surface area contributed by atoms with Crippen molar-refractivity contribution in [1.82, 2.24) is 19.9 Å². The van der Waals surface area contributed by atoms with Crippen LogP contribution in [-0.4, -0.2) is 60.1 Å². The number of ether oxygens (including phenoxy) is 1. The molecule has 4 aromatic rings. The number of nitrogens with zero attached hydrogens (tertiary/aromatic N) is 4. The second-order valence-electron chi connectivity index (χ2n) is 7.94. The number of aryl methyl sites for hydroxylation is 1. The Kier molecular flexibility index (Phi) is 5.78. The summed E-state index contributed by atoms with van der Waals surface area (Å²) in [7, 11) is 2.02. The van der Waals surface area contributed by atoms with Crippen molar-refractivity contribution in [3.63, 3.8) is 0 Å². The number of rotatable bonds is 5. The first kappa shape index (κ1) is 21.1. The number of nitrogens with one attached hydrogen (secondary N) is 2. The molecule has 0 radical (unpaired) electrons. The number of urea groups is 1. The number of carbonyl (C=O) groups excluding carboxylic acids is 1. The lowest BCUT2D eigenvalue weighted by molar-refractivity contribution is 0.122. The van der Waals surface area contributed by atoms with Crippen LogP contribution >= 0.6 is 0 Å². The van der Waals surface area contributed by atoms with Gasteiger partial charge in [-0.2, -0.15) is 0 Å². The van der Waals surface area contributed by atoms with Gasteiger partial charge < -0.3 is 24.8 Å². The van der Waals surface area contributed by atoms with E-state index in [1.165, 1.54) is 0 Å². The van der Waals surface area contributed by atoms with Gasteiger partial charge in [0.05, 0.1) is 18.7 Å². The molecular weight excluding hydrogens is 423 g/mol. The predicted molar refractivity (Wildman–Crippen MR) is 127 cm³/mol. The molecule has 9 heteroatoms. The number of alkyl halides is 1. The van der Waals surface area contributed by atoms with Crippen molar-refractivity contribution in [2.75, 3.05) is 49.7 Å². The van der Waals surface area contributed by atoms with Crippen LogP contribution in [0.5, 0.6) is 0 Å². The summed E-state index contributed by atoms with van der Waals surface area (Å²) in [4.78, 5) is 23.9. The van der Waals surface area contributed by atoms with Gasteiger partial charge in [-0.3, -0.25) is 0 Å². The first-order valence-corrected chi connectivity index (χ1v) is 10.9. The lowest BCUT2D eigenvalue weighted by atomic mass is 10.1. The summed E-state index contributed by atoms with van der Waals surface area (Å²) in [6.45, 7) is 2.25. The van der Waals surface area contributed by atoms with Gasteiger partial charge in [0.25, 0.3) is 0 Å². The van der Waals surface area contributed by atoms with Crippen molar-refractivity contribution in [2.24, 2.45) is 7.05 Å². The number of fused-ring (bicyclic) bond motifs is 3. The molecule has 0 bridgehead atoms. The van der Waals surface area contributed by atoms with E-state index in [4.69, 9.17) is 14.7 Å².